The van der Waals surface area contributed by atoms with Crippen LogP contribution in [-0.4, -0.2) is 54.9 Å². The van der Waals surface area contributed by atoms with Crippen molar-refractivity contribution in [3.05, 3.63) is 71.9 Å². The van der Waals surface area contributed by atoms with E-state index in [0.29, 0.717) is 37.4 Å². The van der Waals surface area contributed by atoms with E-state index >= 15 is 0 Å². The zero-order valence-electron chi connectivity index (χ0n) is 19.8. The summed E-state index contributed by atoms with van der Waals surface area (Å²) in [6.07, 6.45) is 2.52. The van der Waals surface area contributed by atoms with Gasteiger partial charge in [0.2, 0.25) is 5.96 Å². The summed E-state index contributed by atoms with van der Waals surface area (Å²) in [6.45, 7) is 6.08. The number of aliphatic imine (C=N–C) groups is 2. The lowest BCUT2D eigenvalue weighted by atomic mass is 9.81. The van der Waals surface area contributed by atoms with Crippen molar-refractivity contribution >= 4 is 30.3 Å². The summed E-state index contributed by atoms with van der Waals surface area (Å²) >= 11 is 0. The Labute approximate surface area is 204 Å². The third-order valence-corrected chi connectivity index (χ3v) is 5.88. The number of hydrogen-bond acceptors (Lipinski definition) is 5. The van der Waals surface area contributed by atoms with E-state index in [1.54, 1.807) is 41.8 Å². The Morgan fingerprint density at radius 2 is 1.77 bits per heavy atom. The van der Waals surface area contributed by atoms with Crippen molar-refractivity contribution in [2.24, 2.45) is 9.98 Å². The minimum absolute atomic E-state index is 0.186. The van der Waals surface area contributed by atoms with Gasteiger partial charge in [-0.05, 0) is 56.3 Å². The molecule has 0 atom stereocenters. The quantitative estimate of drug-likeness (QED) is 0.167. The van der Waals surface area contributed by atoms with Crippen molar-refractivity contribution in [3.8, 4) is 5.75 Å². The van der Waals surface area contributed by atoms with E-state index in [0.717, 1.165) is 5.56 Å². The van der Waals surface area contributed by atoms with Crippen LogP contribution in [0.5, 0.6) is 5.75 Å². The number of ether oxygens (including phenoxy) is 1. The molecule has 10 heteroatoms. The number of likely N-dealkylation sites (tertiary alicyclic amines) is 1. The smallest absolute Gasteiger partial charge is 0.321 e. The van der Waals surface area contributed by atoms with Gasteiger partial charge in [-0.3, -0.25) is 10.0 Å². The number of carbonyl (C=O) groups excluding carboxylic acids is 2. The summed E-state index contributed by atoms with van der Waals surface area (Å²) in [7, 11) is 1.59. The maximum atomic E-state index is 12.9. The Morgan fingerprint density at radius 3 is 2.34 bits per heavy atom. The van der Waals surface area contributed by atoms with Crippen molar-refractivity contribution < 1.29 is 19.5 Å². The van der Waals surface area contributed by atoms with E-state index in [9.17, 15) is 9.59 Å². The molecule has 0 saturated carbocycles. The Morgan fingerprint density at radius 1 is 1.11 bits per heavy atom. The molecule has 4 N–H and O–H groups in total. The van der Waals surface area contributed by atoms with Crippen LogP contribution in [0.4, 0.5) is 10.5 Å². The second kappa shape index (κ2) is 11.8. The normalized spacial score (nSPS) is 15.7. The molecule has 2 aromatic rings. The number of nitrogens with one attached hydrogen (secondary N) is 3. The van der Waals surface area contributed by atoms with Crippen LogP contribution >= 0.6 is 0 Å². The molecular formula is C25H30N6O4. The van der Waals surface area contributed by atoms with Gasteiger partial charge in [-0.2, -0.15) is 0 Å². The van der Waals surface area contributed by atoms with Gasteiger partial charge in [-0.25, -0.2) is 20.3 Å². The minimum Gasteiger partial charge on any atom is -0.497 e. The number of rotatable bonds is 6. The van der Waals surface area contributed by atoms with E-state index in [4.69, 9.17) is 14.9 Å². The van der Waals surface area contributed by atoms with Crippen LogP contribution in [0.2, 0.25) is 0 Å². The van der Waals surface area contributed by atoms with Crippen molar-refractivity contribution in [2.75, 3.05) is 25.5 Å². The van der Waals surface area contributed by atoms with Crippen LogP contribution in [0, 0.1) is 0 Å². The van der Waals surface area contributed by atoms with Crippen LogP contribution in [0.15, 0.2) is 76.4 Å². The average molecular weight is 479 g/mol. The number of guanidine groups is 1. The number of piperidine rings is 1. The van der Waals surface area contributed by atoms with E-state index in [1.807, 2.05) is 30.3 Å². The number of nitrogens with zero attached hydrogens (tertiary/aromatic N) is 3. The predicted molar refractivity (Wildman–Crippen MR) is 135 cm³/mol. The number of hydrogen-bond donors (Lipinski definition) is 4. The number of anilines is 1. The van der Waals surface area contributed by atoms with Crippen molar-refractivity contribution in [2.45, 2.75) is 25.3 Å². The van der Waals surface area contributed by atoms with Gasteiger partial charge < -0.3 is 20.3 Å². The van der Waals surface area contributed by atoms with Crippen LogP contribution in [0.1, 0.15) is 25.3 Å². The molecule has 3 rings (SSSR count). The number of benzene rings is 2. The minimum atomic E-state index is -0.644. The second-order valence-corrected chi connectivity index (χ2v) is 8.05. The van der Waals surface area contributed by atoms with Gasteiger partial charge in [0.25, 0.3) is 5.91 Å². The number of carbonyl (C=O) groups is 2. The number of urea groups is 1. The highest BCUT2D eigenvalue weighted by Crippen LogP contribution is 2.37. The molecule has 1 aliphatic heterocycles. The molecule has 1 saturated heterocycles. The van der Waals surface area contributed by atoms with Gasteiger partial charge in [-0.1, -0.05) is 30.3 Å². The van der Waals surface area contributed by atoms with Gasteiger partial charge in [0, 0.05) is 30.5 Å². The molecule has 0 bridgehead atoms. The molecule has 1 fully saturated rings. The Hall–Kier alpha value is -4.18. The fourth-order valence-corrected chi connectivity index (χ4v) is 3.81. The van der Waals surface area contributed by atoms with E-state index in [1.165, 1.54) is 13.1 Å². The van der Waals surface area contributed by atoms with Crippen LogP contribution in [0.25, 0.3) is 0 Å². The molecule has 0 spiro atoms. The zero-order valence-corrected chi connectivity index (χ0v) is 19.8. The molecule has 0 unspecified atom stereocenters. The lowest BCUT2D eigenvalue weighted by molar-refractivity contribution is -0.125. The Kier molecular flexibility index (Phi) is 8.58. The fraction of sp³-hybridized carbons (Fsp3) is 0.280. The highest BCUT2D eigenvalue weighted by Gasteiger charge is 2.38. The first kappa shape index (κ1) is 25.4. The van der Waals surface area contributed by atoms with Gasteiger partial charge in [0.05, 0.1) is 12.6 Å². The second-order valence-electron chi connectivity index (χ2n) is 8.05. The molecule has 10 nitrogen and oxygen atoms in total. The molecule has 2 aromatic carbocycles. The summed E-state index contributed by atoms with van der Waals surface area (Å²) in [5.41, 5.74) is 2.86. The summed E-state index contributed by atoms with van der Waals surface area (Å²) < 4.78 is 5.16. The molecule has 1 heterocycles. The van der Waals surface area contributed by atoms with Crippen LogP contribution in [0.3, 0.4) is 0 Å². The number of hydroxylamine groups is 1. The number of methoxy groups -OCH3 is 1. The summed E-state index contributed by atoms with van der Waals surface area (Å²) in [5, 5.41) is 14.6. The first-order valence-electron chi connectivity index (χ1n) is 11.1. The van der Waals surface area contributed by atoms with E-state index in [2.05, 4.69) is 22.3 Å². The first-order valence-corrected chi connectivity index (χ1v) is 11.1. The fourth-order valence-electron chi connectivity index (χ4n) is 3.81. The molecule has 0 radical (unpaired) electrons. The van der Waals surface area contributed by atoms with E-state index < -0.39 is 11.4 Å². The molecule has 1 aliphatic rings. The topological polar surface area (TPSA) is 128 Å². The predicted octanol–water partition coefficient (Wildman–Crippen LogP) is 3.27. The molecule has 35 heavy (non-hydrogen) atoms. The average Bonchev–Trinajstić information content (AvgIpc) is 2.91. The van der Waals surface area contributed by atoms with Crippen molar-refractivity contribution in [1.82, 2.24) is 15.7 Å². The van der Waals surface area contributed by atoms with Crippen LogP contribution in [-0.2, 0) is 10.3 Å². The Balaban J connectivity index is 1.77. The zero-order chi connectivity index (χ0) is 25.3. The van der Waals surface area contributed by atoms with Gasteiger partial charge in [0.1, 0.15) is 5.75 Å². The van der Waals surface area contributed by atoms with Gasteiger partial charge in [-0.15, -0.1) is 0 Å². The summed E-state index contributed by atoms with van der Waals surface area (Å²) in [4.78, 5) is 35.0. The Bertz CT molecular complexity index is 1090. The molecule has 3 amide bonds. The van der Waals surface area contributed by atoms with Gasteiger partial charge >= 0.3 is 6.03 Å². The van der Waals surface area contributed by atoms with Crippen molar-refractivity contribution in [1.29, 1.82) is 0 Å². The lowest BCUT2D eigenvalue weighted by Gasteiger charge is -2.39. The van der Waals surface area contributed by atoms with Crippen LogP contribution < -0.4 is 20.9 Å². The van der Waals surface area contributed by atoms with Crippen molar-refractivity contribution in [3.63, 3.8) is 0 Å². The molecule has 0 aliphatic carbocycles. The SMILES string of the molecule is C=NC(=NC1(c2ccccc2)CCN(C(=O)Nc2ccc(OC)cc2)CC1)N/C=C(\C)C(=O)NO. The molecular weight excluding hydrogens is 448 g/mol. The number of amides is 3. The standard InChI is InChI=1S/C25H30N6O4/c1-18(22(32)30-34)17-27-23(26-2)29-25(19-7-5-4-6-8-19)13-15-31(16-14-25)24(33)28-20-9-11-21(35-3)12-10-20/h4-12,17,34H,2,13-16H2,1,3H3,(H,27,29)(H,28,33)(H,30,32)/b18-17+. The maximum Gasteiger partial charge on any atom is 0.321 e. The van der Waals surface area contributed by atoms with Gasteiger partial charge in [0.15, 0.2) is 0 Å². The maximum absolute atomic E-state index is 12.9. The third kappa shape index (κ3) is 6.45. The van der Waals surface area contributed by atoms with E-state index in [-0.39, 0.29) is 17.6 Å². The largest absolute Gasteiger partial charge is 0.497 e. The monoisotopic (exact) mass is 478 g/mol. The highest BCUT2D eigenvalue weighted by molar-refractivity contribution is 5.93. The lowest BCUT2D eigenvalue weighted by Crippen LogP contribution is -2.46. The first-order chi connectivity index (χ1) is 16.9. The summed E-state index contributed by atoms with van der Waals surface area (Å²) in [6, 6.07) is 16.8. The molecule has 0 aromatic heterocycles. The molecule has 184 valence electrons. The third-order valence-electron chi connectivity index (χ3n) is 5.88. The summed E-state index contributed by atoms with van der Waals surface area (Å²) in [5.74, 6) is 0.304. The highest BCUT2D eigenvalue weighted by atomic mass is 16.5.